The number of aromatic nitrogens is 3. The fourth-order valence-electron chi connectivity index (χ4n) is 3.55. The molecule has 2 aromatic carbocycles. The minimum Gasteiger partial charge on any atom is -0.485 e. The van der Waals surface area contributed by atoms with Gasteiger partial charge in [0.1, 0.15) is 18.2 Å². The van der Waals surface area contributed by atoms with Gasteiger partial charge < -0.3 is 9.30 Å². The van der Waals surface area contributed by atoms with E-state index in [1.807, 2.05) is 47.0 Å². The maximum absolute atomic E-state index is 12.7. The van der Waals surface area contributed by atoms with Crippen molar-refractivity contribution < 1.29 is 9.53 Å². The van der Waals surface area contributed by atoms with Crippen LogP contribution in [0, 0.1) is 11.3 Å². The standard InChI is InChI=1S/C21H20N4O2/c22-13-17(21-24-23-20-11-2-1-5-12-25(20)21)18(26)14-27-19-10-6-8-15-7-3-4-9-16(15)19/h3-4,6-10,17H,1-2,5,11-12,14H2/t17-/m1/s1. The number of Topliss-reactive ketones (excluding diaryl/α,β-unsaturated/α-hetero) is 1. The highest BCUT2D eigenvalue weighted by Crippen LogP contribution is 2.26. The number of ether oxygens (including phenoxy) is 1. The first-order valence-electron chi connectivity index (χ1n) is 9.23. The van der Waals surface area contributed by atoms with Crippen LogP contribution in [0.4, 0.5) is 0 Å². The molecular weight excluding hydrogens is 340 g/mol. The van der Waals surface area contributed by atoms with Crippen LogP contribution >= 0.6 is 0 Å². The van der Waals surface area contributed by atoms with Gasteiger partial charge in [-0.2, -0.15) is 5.26 Å². The number of hydrogen-bond donors (Lipinski definition) is 0. The molecule has 3 aromatic rings. The summed E-state index contributed by atoms with van der Waals surface area (Å²) in [6.07, 6.45) is 4.04. The van der Waals surface area contributed by atoms with E-state index in [4.69, 9.17) is 4.74 Å². The maximum atomic E-state index is 12.7. The molecule has 1 aliphatic heterocycles. The molecule has 1 atom stereocenters. The lowest BCUT2D eigenvalue weighted by atomic mass is 10.1. The quantitative estimate of drug-likeness (QED) is 0.696. The zero-order valence-corrected chi connectivity index (χ0v) is 15.0. The molecule has 0 saturated heterocycles. The van der Waals surface area contributed by atoms with E-state index >= 15 is 0 Å². The zero-order chi connectivity index (χ0) is 18.6. The Labute approximate surface area is 157 Å². The van der Waals surface area contributed by atoms with Crippen LogP contribution in [0.25, 0.3) is 10.8 Å². The Kier molecular flexibility index (Phi) is 4.84. The monoisotopic (exact) mass is 360 g/mol. The number of ketones is 1. The van der Waals surface area contributed by atoms with Gasteiger partial charge in [0.2, 0.25) is 0 Å². The summed E-state index contributed by atoms with van der Waals surface area (Å²) in [4.78, 5) is 12.7. The van der Waals surface area contributed by atoms with Gasteiger partial charge in [0.15, 0.2) is 17.5 Å². The smallest absolute Gasteiger partial charge is 0.195 e. The van der Waals surface area contributed by atoms with Gasteiger partial charge >= 0.3 is 0 Å². The molecule has 0 unspecified atom stereocenters. The largest absolute Gasteiger partial charge is 0.485 e. The molecule has 1 aliphatic rings. The molecule has 0 radical (unpaired) electrons. The Morgan fingerprint density at radius 3 is 2.89 bits per heavy atom. The van der Waals surface area contributed by atoms with E-state index in [2.05, 4.69) is 16.3 Å². The van der Waals surface area contributed by atoms with Crippen LogP contribution in [0.15, 0.2) is 42.5 Å². The fourth-order valence-corrected chi connectivity index (χ4v) is 3.55. The number of hydrogen-bond acceptors (Lipinski definition) is 5. The summed E-state index contributed by atoms with van der Waals surface area (Å²) < 4.78 is 7.71. The van der Waals surface area contributed by atoms with Crippen molar-refractivity contribution in [2.75, 3.05) is 6.61 Å². The van der Waals surface area contributed by atoms with E-state index in [1.165, 1.54) is 0 Å². The van der Waals surface area contributed by atoms with Crippen LogP contribution < -0.4 is 4.74 Å². The summed E-state index contributed by atoms with van der Waals surface area (Å²) >= 11 is 0. The number of benzene rings is 2. The van der Waals surface area contributed by atoms with E-state index in [1.54, 1.807) is 0 Å². The number of nitrogens with zero attached hydrogens (tertiary/aromatic N) is 4. The molecule has 1 aromatic heterocycles. The van der Waals surface area contributed by atoms with Gasteiger partial charge in [-0.25, -0.2) is 0 Å². The molecule has 27 heavy (non-hydrogen) atoms. The second-order valence-corrected chi connectivity index (χ2v) is 6.73. The first-order chi connectivity index (χ1) is 13.3. The van der Waals surface area contributed by atoms with Gasteiger partial charge in [-0.1, -0.05) is 42.8 Å². The van der Waals surface area contributed by atoms with Gasteiger partial charge in [-0.15, -0.1) is 10.2 Å². The Morgan fingerprint density at radius 1 is 1.15 bits per heavy atom. The molecule has 0 N–H and O–H groups in total. The highest BCUT2D eigenvalue weighted by atomic mass is 16.5. The lowest BCUT2D eigenvalue weighted by molar-refractivity contribution is -0.121. The molecular formula is C21H20N4O2. The molecule has 0 bridgehead atoms. The van der Waals surface area contributed by atoms with E-state index in [0.717, 1.165) is 48.8 Å². The SMILES string of the molecule is N#C[C@H](C(=O)COc1cccc2ccccc12)c1nnc2n1CCCCC2. The minimum atomic E-state index is -0.959. The molecule has 0 amide bonds. The van der Waals surface area contributed by atoms with Gasteiger partial charge in [0, 0.05) is 18.4 Å². The predicted octanol–water partition coefficient (Wildman–Crippen LogP) is 3.41. The van der Waals surface area contributed by atoms with E-state index in [9.17, 15) is 10.1 Å². The highest BCUT2D eigenvalue weighted by Gasteiger charge is 2.28. The fraction of sp³-hybridized carbons (Fsp3) is 0.333. The minimum absolute atomic E-state index is 0.172. The zero-order valence-electron chi connectivity index (χ0n) is 15.0. The van der Waals surface area contributed by atoms with Crippen LogP contribution in [0.2, 0.25) is 0 Å². The highest BCUT2D eigenvalue weighted by molar-refractivity contribution is 5.91. The van der Waals surface area contributed by atoms with Crippen molar-refractivity contribution in [3.8, 4) is 11.8 Å². The van der Waals surface area contributed by atoms with Crippen molar-refractivity contribution in [2.45, 2.75) is 38.1 Å². The van der Waals surface area contributed by atoms with Gasteiger partial charge in [-0.05, 0) is 24.3 Å². The molecule has 0 spiro atoms. The first-order valence-corrected chi connectivity index (χ1v) is 9.23. The number of nitriles is 1. The molecule has 136 valence electrons. The van der Waals surface area contributed by atoms with Crippen LogP contribution in [0.5, 0.6) is 5.75 Å². The average molecular weight is 360 g/mol. The second-order valence-electron chi connectivity index (χ2n) is 6.73. The van der Waals surface area contributed by atoms with Gasteiger partial charge in [0.25, 0.3) is 0 Å². The lowest BCUT2D eigenvalue weighted by Gasteiger charge is -2.12. The molecule has 6 heteroatoms. The summed E-state index contributed by atoms with van der Waals surface area (Å²) in [7, 11) is 0. The van der Waals surface area contributed by atoms with E-state index < -0.39 is 5.92 Å². The number of aryl methyl sites for hydroxylation is 1. The predicted molar refractivity (Wildman–Crippen MR) is 100 cm³/mol. The Hall–Kier alpha value is -3.20. The number of carbonyl (C=O) groups excluding carboxylic acids is 1. The lowest BCUT2D eigenvalue weighted by Crippen LogP contribution is -2.22. The van der Waals surface area contributed by atoms with Crippen molar-refractivity contribution in [1.82, 2.24) is 14.8 Å². The summed E-state index contributed by atoms with van der Waals surface area (Å²) in [5, 5.41) is 19.9. The first kappa shape index (κ1) is 17.2. The number of fused-ring (bicyclic) bond motifs is 2. The molecule has 4 rings (SSSR count). The summed E-state index contributed by atoms with van der Waals surface area (Å²) in [6.45, 7) is 0.585. The van der Waals surface area contributed by atoms with Crippen molar-refractivity contribution in [3.05, 3.63) is 54.1 Å². The molecule has 2 heterocycles. The summed E-state index contributed by atoms with van der Waals surface area (Å²) in [5.74, 6) is 0.689. The third kappa shape index (κ3) is 3.41. The van der Waals surface area contributed by atoms with Crippen LogP contribution in [-0.2, 0) is 17.8 Å². The third-order valence-corrected chi connectivity index (χ3v) is 4.97. The van der Waals surface area contributed by atoms with Crippen molar-refractivity contribution in [2.24, 2.45) is 0 Å². The topological polar surface area (TPSA) is 80.8 Å². The molecule has 0 aliphatic carbocycles. The normalized spacial score (nSPS) is 14.8. The van der Waals surface area contributed by atoms with E-state index in [-0.39, 0.29) is 12.4 Å². The van der Waals surface area contributed by atoms with Crippen LogP contribution in [0.1, 0.15) is 36.8 Å². The second kappa shape index (κ2) is 7.58. The third-order valence-electron chi connectivity index (χ3n) is 4.97. The molecule has 0 saturated carbocycles. The van der Waals surface area contributed by atoms with Crippen molar-refractivity contribution >= 4 is 16.6 Å². The average Bonchev–Trinajstić information content (AvgIpc) is 2.94. The summed E-state index contributed by atoms with van der Waals surface area (Å²) in [6, 6.07) is 15.7. The number of rotatable bonds is 5. The molecule has 6 nitrogen and oxygen atoms in total. The summed E-state index contributed by atoms with van der Waals surface area (Å²) in [5.41, 5.74) is 0. The number of carbonyl (C=O) groups is 1. The van der Waals surface area contributed by atoms with Gasteiger partial charge in [-0.3, -0.25) is 4.79 Å². The van der Waals surface area contributed by atoms with Crippen molar-refractivity contribution in [1.29, 1.82) is 5.26 Å². The Morgan fingerprint density at radius 2 is 2.00 bits per heavy atom. The van der Waals surface area contributed by atoms with E-state index in [0.29, 0.717) is 11.6 Å². The van der Waals surface area contributed by atoms with Crippen LogP contribution in [0.3, 0.4) is 0 Å². The van der Waals surface area contributed by atoms with Crippen molar-refractivity contribution in [3.63, 3.8) is 0 Å². The van der Waals surface area contributed by atoms with Gasteiger partial charge in [0.05, 0.1) is 6.07 Å². The molecule has 0 fully saturated rings. The maximum Gasteiger partial charge on any atom is 0.195 e. The Bertz CT molecular complexity index is 1010. The van der Waals surface area contributed by atoms with Crippen LogP contribution in [-0.4, -0.2) is 27.2 Å². The Balaban J connectivity index is 1.53.